The molecule has 21 heavy (non-hydrogen) atoms. The first-order chi connectivity index (χ1) is 9.93. The Morgan fingerprint density at radius 3 is 2.62 bits per heavy atom. The predicted octanol–water partition coefficient (Wildman–Crippen LogP) is 1.12. The first-order valence-corrected chi connectivity index (χ1v) is 9.36. The van der Waals surface area contributed by atoms with Gasteiger partial charge in [0, 0.05) is 6.54 Å². The number of amides is 1. The second kappa shape index (κ2) is 8.10. The number of rotatable bonds is 8. The zero-order chi connectivity index (χ0) is 15.9. The Labute approximate surface area is 128 Å². The van der Waals surface area contributed by atoms with Crippen molar-refractivity contribution in [3.8, 4) is 0 Å². The normalized spacial score (nSPS) is 24.0. The van der Waals surface area contributed by atoms with Gasteiger partial charge in [0.25, 0.3) is 5.91 Å². The molecule has 1 aliphatic rings. The molecule has 0 saturated carbocycles. The van der Waals surface area contributed by atoms with Gasteiger partial charge in [0.1, 0.15) is 0 Å². The van der Waals surface area contributed by atoms with E-state index in [4.69, 9.17) is 0 Å². The maximum Gasteiger partial charge on any atom is 0.266 e. The monoisotopic (exact) mass is 320 g/mol. The standard InChI is InChI=1S/C14H28N2O4S/c1-4-6-9-16-10-7-8-14(12-16,13(17)15-20-3)21(18,19)11-5-2/h4-12H2,1-3H3,(H,15,17). The van der Waals surface area contributed by atoms with Crippen LogP contribution in [-0.2, 0) is 19.5 Å². The van der Waals surface area contributed by atoms with E-state index >= 15 is 0 Å². The third-order valence-electron chi connectivity index (χ3n) is 4.04. The smallest absolute Gasteiger partial charge is 0.266 e. The SMILES string of the molecule is CCCCN1CCCC(C(=O)NOC)(S(=O)(=O)CCC)C1. The third kappa shape index (κ3) is 4.17. The van der Waals surface area contributed by atoms with Crippen LogP contribution in [0.5, 0.6) is 0 Å². The van der Waals surface area contributed by atoms with Crippen LogP contribution in [0.2, 0.25) is 0 Å². The first kappa shape index (κ1) is 18.4. The van der Waals surface area contributed by atoms with Gasteiger partial charge in [-0.15, -0.1) is 0 Å². The maximum atomic E-state index is 12.7. The van der Waals surface area contributed by atoms with Crippen LogP contribution in [0.4, 0.5) is 0 Å². The zero-order valence-electron chi connectivity index (χ0n) is 13.4. The van der Waals surface area contributed by atoms with Crippen molar-refractivity contribution in [3.63, 3.8) is 0 Å². The molecule has 1 heterocycles. The molecule has 0 aliphatic carbocycles. The summed E-state index contributed by atoms with van der Waals surface area (Å²) in [7, 11) is -2.18. The Bertz CT molecular complexity index is 438. The molecule has 1 N–H and O–H groups in total. The van der Waals surface area contributed by atoms with Gasteiger partial charge in [-0.25, -0.2) is 13.9 Å². The Balaban J connectivity index is 3.04. The zero-order valence-corrected chi connectivity index (χ0v) is 14.2. The highest BCUT2D eigenvalue weighted by Gasteiger charge is 2.52. The summed E-state index contributed by atoms with van der Waals surface area (Å²) >= 11 is 0. The lowest BCUT2D eigenvalue weighted by atomic mass is 9.96. The summed E-state index contributed by atoms with van der Waals surface area (Å²) in [6.45, 7) is 5.87. The predicted molar refractivity (Wildman–Crippen MR) is 82.5 cm³/mol. The number of hydrogen-bond donors (Lipinski definition) is 1. The molecule has 1 fully saturated rings. The van der Waals surface area contributed by atoms with E-state index in [1.807, 2.05) is 6.92 Å². The van der Waals surface area contributed by atoms with Crippen LogP contribution in [0.25, 0.3) is 0 Å². The van der Waals surface area contributed by atoms with E-state index in [2.05, 4.69) is 22.1 Å². The van der Waals surface area contributed by atoms with E-state index in [-0.39, 0.29) is 12.3 Å². The lowest BCUT2D eigenvalue weighted by molar-refractivity contribution is -0.135. The van der Waals surface area contributed by atoms with Crippen molar-refractivity contribution < 1.29 is 18.0 Å². The van der Waals surface area contributed by atoms with Crippen LogP contribution in [0.15, 0.2) is 0 Å². The summed E-state index contributed by atoms with van der Waals surface area (Å²) < 4.78 is 24.0. The van der Waals surface area contributed by atoms with Gasteiger partial charge in [-0.1, -0.05) is 20.3 Å². The molecular weight excluding hydrogens is 292 g/mol. The van der Waals surface area contributed by atoms with Gasteiger partial charge in [-0.05, 0) is 38.8 Å². The molecule has 0 spiro atoms. The number of hydroxylamine groups is 1. The van der Waals surface area contributed by atoms with Crippen LogP contribution in [0.1, 0.15) is 46.0 Å². The minimum atomic E-state index is -3.51. The molecule has 0 aromatic heterocycles. The molecule has 1 atom stereocenters. The fraction of sp³-hybridized carbons (Fsp3) is 0.929. The number of carbonyl (C=O) groups is 1. The fourth-order valence-corrected chi connectivity index (χ4v) is 5.00. The average molecular weight is 320 g/mol. The Morgan fingerprint density at radius 2 is 2.05 bits per heavy atom. The molecular formula is C14H28N2O4S. The lowest BCUT2D eigenvalue weighted by Crippen LogP contribution is -2.61. The highest BCUT2D eigenvalue weighted by molar-refractivity contribution is 7.93. The van der Waals surface area contributed by atoms with Crippen LogP contribution in [0, 0.1) is 0 Å². The molecule has 0 aromatic carbocycles. The topological polar surface area (TPSA) is 75.7 Å². The van der Waals surface area contributed by atoms with Gasteiger partial charge in [0.05, 0.1) is 12.9 Å². The molecule has 1 rings (SSSR count). The quantitative estimate of drug-likeness (QED) is 0.678. The van der Waals surface area contributed by atoms with Gasteiger partial charge >= 0.3 is 0 Å². The summed E-state index contributed by atoms with van der Waals surface area (Å²) in [5.41, 5.74) is 2.25. The van der Waals surface area contributed by atoms with Crippen molar-refractivity contribution in [2.75, 3.05) is 32.5 Å². The van der Waals surface area contributed by atoms with Crippen LogP contribution >= 0.6 is 0 Å². The molecule has 1 unspecified atom stereocenters. The lowest BCUT2D eigenvalue weighted by Gasteiger charge is -2.40. The van der Waals surface area contributed by atoms with Crippen molar-refractivity contribution in [1.82, 2.24) is 10.4 Å². The summed E-state index contributed by atoms with van der Waals surface area (Å²) in [4.78, 5) is 19.2. The number of hydrogen-bond acceptors (Lipinski definition) is 5. The van der Waals surface area contributed by atoms with Crippen molar-refractivity contribution in [2.45, 2.75) is 50.7 Å². The molecule has 1 amide bonds. The van der Waals surface area contributed by atoms with E-state index in [9.17, 15) is 13.2 Å². The van der Waals surface area contributed by atoms with Crippen LogP contribution in [0.3, 0.4) is 0 Å². The molecule has 1 aliphatic heterocycles. The number of likely N-dealkylation sites (tertiary alicyclic amines) is 1. The van der Waals surface area contributed by atoms with Gasteiger partial charge in [-0.2, -0.15) is 0 Å². The number of carbonyl (C=O) groups excluding carboxylic acids is 1. The maximum absolute atomic E-state index is 12.7. The number of piperidine rings is 1. The molecule has 7 heteroatoms. The summed E-state index contributed by atoms with van der Waals surface area (Å²) in [5, 5.41) is 0. The molecule has 124 valence electrons. The molecule has 0 bridgehead atoms. The van der Waals surface area contributed by atoms with Crippen LogP contribution < -0.4 is 5.48 Å². The van der Waals surface area contributed by atoms with Crippen LogP contribution in [-0.4, -0.2) is 56.5 Å². The number of unbranched alkanes of at least 4 members (excludes halogenated alkanes) is 1. The van der Waals surface area contributed by atoms with E-state index < -0.39 is 20.5 Å². The molecule has 0 radical (unpaired) electrons. The minimum absolute atomic E-state index is 0.0335. The van der Waals surface area contributed by atoms with E-state index in [0.717, 1.165) is 25.9 Å². The first-order valence-electron chi connectivity index (χ1n) is 7.71. The number of sulfone groups is 1. The van der Waals surface area contributed by atoms with Gasteiger partial charge in [0.15, 0.2) is 14.6 Å². The van der Waals surface area contributed by atoms with Gasteiger partial charge in [0.2, 0.25) is 0 Å². The highest BCUT2D eigenvalue weighted by Crippen LogP contribution is 2.31. The summed E-state index contributed by atoms with van der Waals surface area (Å²) in [6, 6.07) is 0. The second-order valence-electron chi connectivity index (χ2n) is 5.68. The Kier molecular flexibility index (Phi) is 7.09. The third-order valence-corrected chi connectivity index (χ3v) is 6.69. The van der Waals surface area contributed by atoms with Crippen molar-refractivity contribution in [3.05, 3.63) is 0 Å². The van der Waals surface area contributed by atoms with Crippen molar-refractivity contribution in [1.29, 1.82) is 0 Å². The highest BCUT2D eigenvalue weighted by atomic mass is 32.2. The Morgan fingerprint density at radius 1 is 1.33 bits per heavy atom. The number of nitrogens with zero attached hydrogens (tertiary/aromatic N) is 1. The Hall–Kier alpha value is -0.660. The summed E-state index contributed by atoms with van der Waals surface area (Å²) in [5.74, 6) is -0.495. The molecule has 0 aromatic rings. The van der Waals surface area contributed by atoms with E-state index in [1.54, 1.807) is 0 Å². The second-order valence-corrected chi connectivity index (χ2v) is 8.10. The number of nitrogens with one attached hydrogen (secondary N) is 1. The summed E-state index contributed by atoms with van der Waals surface area (Å²) in [6.07, 6.45) is 3.65. The minimum Gasteiger partial charge on any atom is -0.301 e. The average Bonchev–Trinajstić information content (AvgIpc) is 2.45. The van der Waals surface area contributed by atoms with Crippen molar-refractivity contribution >= 4 is 15.7 Å². The largest absolute Gasteiger partial charge is 0.301 e. The van der Waals surface area contributed by atoms with E-state index in [1.165, 1.54) is 7.11 Å². The van der Waals surface area contributed by atoms with Gasteiger partial charge < -0.3 is 4.90 Å². The van der Waals surface area contributed by atoms with Gasteiger partial charge in [-0.3, -0.25) is 9.63 Å². The van der Waals surface area contributed by atoms with E-state index in [0.29, 0.717) is 19.3 Å². The molecule has 1 saturated heterocycles. The molecule has 6 nitrogen and oxygen atoms in total. The van der Waals surface area contributed by atoms with Crippen molar-refractivity contribution in [2.24, 2.45) is 0 Å². The fourth-order valence-electron chi connectivity index (χ4n) is 2.91.